The lowest BCUT2D eigenvalue weighted by molar-refractivity contribution is 0.389. The van der Waals surface area contributed by atoms with E-state index in [1.807, 2.05) is 30.3 Å². The van der Waals surface area contributed by atoms with Crippen molar-refractivity contribution in [2.45, 2.75) is 37.6 Å². The first kappa shape index (κ1) is 23.5. The molecule has 2 aromatic carbocycles. The summed E-state index contributed by atoms with van der Waals surface area (Å²) in [7, 11) is -0.555. The standard InChI is InChI=1S/C23H28N2O4S/c1-4-5-6-23(15-16-24)30(26,27)25(17-19-7-11-21(28-2)12-8-19)18-20-9-13-22(29-3)14-10-20/h4,7-14,23H,1,5-6,15,17-18H2,2-3H3/t23-/m1/s1. The minimum absolute atomic E-state index is 0.0576. The second kappa shape index (κ2) is 11.4. The van der Waals surface area contributed by atoms with Crippen LogP contribution >= 0.6 is 0 Å². The Morgan fingerprint density at radius 1 is 1.00 bits per heavy atom. The number of nitriles is 1. The maximum absolute atomic E-state index is 13.5. The number of benzene rings is 2. The molecule has 0 heterocycles. The maximum Gasteiger partial charge on any atom is 0.218 e. The normalized spacial score (nSPS) is 12.2. The van der Waals surface area contributed by atoms with Gasteiger partial charge in [0.05, 0.1) is 32.0 Å². The summed E-state index contributed by atoms with van der Waals surface area (Å²) >= 11 is 0. The molecule has 0 aliphatic carbocycles. The van der Waals surface area contributed by atoms with E-state index in [4.69, 9.17) is 9.47 Å². The summed E-state index contributed by atoms with van der Waals surface area (Å²) in [6, 6.07) is 16.6. The molecule has 0 amide bonds. The summed E-state index contributed by atoms with van der Waals surface area (Å²) < 4.78 is 38.8. The molecular formula is C23H28N2O4S. The smallest absolute Gasteiger partial charge is 0.218 e. The van der Waals surface area contributed by atoms with Crippen molar-refractivity contribution in [3.8, 4) is 17.6 Å². The number of hydrogen-bond acceptors (Lipinski definition) is 5. The topological polar surface area (TPSA) is 79.6 Å². The fourth-order valence-electron chi connectivity index (χ4n) is 3.08. The molecule has 0 aromatic heterocycles. The Hall–Kier alpha value is -2.82. The van der Waals surface area contributed by atoms with E-state index in [0.717, 1.165) is 11.1 Å². The fraction of sp³-hybridized carbons (Fsp3) is 0.348. The predicted molar refractivity (Wildman–Crippen MR) is 118 cm³/mol. The zero-order valence-electron chi connectivity index (χ0n) is 17.5. The van der Waals surface area contributed by atoms with Gasteiger partial charge in [0.2, 0.25) is 10.0 Å². The highest BCUT2D eigenvalue weighted by Gasteiger charge is 2.31. The van der Waals surface area contributed by atoms with Gasteiger partial charge >= 0.3 is 0 Å². The van der Waals surface area contributed by atoms with E-state index in [1.54, 1.807) is 44.6 Å². The molecule has 30 heavy (non-hydrogen) atoms. The lowest BCUT2D eigenvalue weighted by atomic mass is 10.2. The van der Waals surface area contributed by atoms with Crippen molar-refractivity contribution in [3.05, 3.63) is 72.3 Å². The minimum atomic E-state index is -3.72. The molecule has 6 nitrogen and oxygen atoms in total. The molecule has 0 fully saturated rings. The van der Waals surface area contributed by atoms with Gasteiger partial charge in [-0.15, -0.1) is 6.58 Å². The molecule has 0 aliphatic heterocycles. The van der Waals surface area contributed by atoms with Crippen LogP contribution in [0.25, 0.3) is 0 Å². The molecule has 0 bridgehead atoms. The maximum atomic E-state index is 13.5. The van der Waals surface area contributed by atoms with Crippen LogP contribution in [0.4, 0.5) is 0 Å². The number of sulfonamides is 1. The van der Waals surface area contributed by atoms with Crippen LogP contribution in [0, 0.1) is 11.3 Å². The van der Waals surface area contributed by atoms with Gasteiger partial charge in [0.1, 0.15) is 11.5 Å². The van der Waals surface area contributed by atoms with Crippen LogP contribution in [-0.4, -0.2) is 32.2 Å². The summed E-state index contributed by atoms with van der Waals surface area (Å²) in [6.45, 7) is 4.08. The van der Waals surface area contributed by atoms with Crippen molar-refractivity contribution in [1.29, 1.82) is 5.26 Å². The molecule has 2 aromatic rings. The van der Waals surface area contributed by atoms with Crippen molar-refractivity contribution in [2.75, 3.05) is 14.2 Å². The summed E-state index contributed by atoms with van der Waals surface area (Å²) in [5.74, 6) is 1.41. The molecule has 0 N–H and O–H groups in total. The van der Waals surface area contributed by atoms with Crippen molar-refractivity contribution in [3.63, 3.8) is 0 Å². The van der Waals surface area contributed by atoms with E-state index >= 15 is 0 Å². The lowest BCUT2D eigenvalue weighted by Crippen LogP contribution is -2.38. The lowest BCUT2D eigenvalue weighted by Gasteiger charge is -2.27. The molecule has 0 radical (unpaired) electrons. The molecule has 0 spiro atoms. The Balaban J connectivity index is 2.35. The van der Waals surface area contributed by atoms with E-state index in [-0.39, 0.29) is 19.5 Å². The van der Waals surface area contributed by atoms with E-state index in [2.05, 4.69) is 6.58 Å². The van der Waals surface area contributed by atoms with Gasteiger partial charge in [0.25, 0.3) is 0 Å². The number of rotatable bonds is 12. The average molecular weight is 429 g/mol. The second-order valence-corrected chi connectivity index (χ2v) is 9.07. The minimum Gasteiger partial charge on any atom is -0.497 e. The molecular weight excluding hydrogens is 400 g/mol. The number of allylic oxidation sites excluding steroid dienone is 1. The Labute approximate surface area is 179 Å². The zero-order chi connectivity index (χ0) is 22.0. The first-order chi connectivity index (χ1) is 14.4. The Morgan fingerprint density at radius 2 is 1.47 bits per heavy atom. The van der Waals surface area contributed by atoms with Crippen LogP contribution in [0.3, 0.4) is 0 Å². The molecule has 2 rings (SSSR count). The number of hydrogen-bond donors (Lipinski definition) is 0. The molecule has 0 saturated carbocycles. The molecule has 160 valence electrons. The van der Waals surface area contributed by atoms with Crippen LogP contribution in [0.2, 0.25) is 0 Å². The van der Waals surface area contributed by atoms with E-state index in [1.165, 1.54) is 4.31 Å². The first-order valence-corrected chi connectivity index (χ1v) is 11.2. The molecule has 7 heteroatoms. The van der Waals surface area contributed by atoms with Gasteiger partial charge in [-0.2, -0.15) is 9.57 Å². The van der Waals surface area contributed by atoms with Gasteiger partial charge in [0, 0.05) is 13.1 Å². The average Bonchev–Trinajstić information content (AvgIpc) is 2.77. The van der Waals surface area contributed by atoms with Crippen LogP contribution in [-0.2, 0) is 23.1 Å². The third-order valence-electron chi connectivity index (χ3n) is 4.83. The molecule has 0 saturated heterocycles. The van der Waals surface area contributed by atoms with Crippen LogP contribution in [0.15, 0.2) is 61.2 Å². The summed E-state index contributed by atoms with van der Waals surface area (Å²) in [6.07, 6.45) is 2.51. The molecule has 0 aliphatic rings. The summed E-state index contributed by atoms with van der Waals surface area (Å²) in [5.41, 5.74) is 1.68. The predicted octanol–water partition coefficient (Wildman–Crippen LogP) is 4.28. The van der Waals surface area contributed by atoms with Gasteiger partial charge in [-0.05, 0) is 48.2 Å². The quantitative estimate of drug-likeness (QED) is 0.471. The van der Waals surface area contributed by atoms with Gasteiger partial charge in [-0.25, -0.2) is 8.42 Å². The highest BCUT2D eigenvalue weighted by Crippen LogP contribution is 2.24. The van der Waals surface area contributed by atoms with Crippen LogP contribution in [0.1, 0.15) is 30.4 Å². The molecule has 1 atom stereocenters. The monoisotopic (exact) mass is 428 g/mol. The van der Waals surface area contributed by atoms with Crippen molar-refractivity contribution in [2.24, 2.45) is 0 Å². The zero-order valence-corrected chi connectivity index (χ0v) is 18.3. The third kappa shape index (κ3) is 6.34. The van der Waals surface area contributed by atoms with Crippen LogP contribution < -0.4 is 9.47 Å². The largest absolute Gasteiger partial charge is 0.497 e. The Kier molecular flexibility index (Phi) is 8.90. The second-order valence-electron chi connectivity index (χ2n) is 6.86. The highest BCUT2D eigenvalue weighted by molar-refractivity contribution is 7.89. The number of nitrogens with zero attached hydrogens (tertiary/aromatic N) is 2. The number of ether oxygens (including phenoxy) is 2. The van der Waals surface area contributed by atoms with E-state index < -0.39 is 15.3 Å². The van der Waals surface area contributed by atoms with Gasteiger partial charge < -0.3 is 9.47 Å². The van der Waals surface area contributed by atoms with E-state index in [0.29, 0.717) is 24.3 Å². The van der Waals surface area contributed by atoms with Crippen molar-refractivity contribution < 1.29 is 17.9 Å². The SMILES string of the molecule is C=CCC[C@H](CC#N)S(=O)(=O)N(Cc1ccc(OC)cc1)Cc1ccc(OC)cc1. The first-order valence-electron chi connectivity index (χ1n) is 9.67. The van der Waals surface area contributed by atoms with Crippen molar-refractivity contribution >= 4 is 10.0 Å². The van der Waals surface area contributed by atoms with Gasteiger partial charge in [0.15, 0.2) is 0 Å². The molecule has 0 unspecified atom stereocenters. The van der Waals surface area contributed by atoms with Gasteiger partial charge in [-0.3, -0.25) is 0 Å². The third-order valence-corrected chi connectivity index (χ3v) is 7.05. The summed E-state index contributed by atoms with van der Waals surface area (Å²) in [4.78, 5) is 0. The Morgan fingerprint density at radius 3 is 1.83 bits per heavy atom. The summed E-state index contributed by atoms with van der Waals surface area (Å²) in [5, 5.41) is 8.41. The van der Waals surface area contributed by atoms with Crippen molar-refractivity contribution in [1.82, 2.24) is 4.31 Å². The van der Waals surface area contributed by atoms with Gasteiger partial charge in [-0.1, -0.05) is 30.3 Å². The number of methoxy groups -OCH3 is 2. The fourth-order valence-corrected chi connectivity index (χ4v) is 4.88. The highest BCUT2D eigenvalue weighted by atomic mass is 32.2. The van der Waals surface area contributed by atoms with Crippen LogP contribution in [0.5, 0.6) is 11.5 Å². The Bertz CT molecular complexity index is 899. The van der Waals surface area contributed by atoms with E-state index in [9.17, 15) is 13.7 Å².